The standard InChI is InChI=1S/C32H47N3O4/c1-10-12-20-35(30(37)27(21(3)11-2)34-31(38)39-32(7,8)9)28(25-19-14-13-16-22(25)4)29(36)33-26-23(5)17-15-18-24(26)6/h13-19,21,27-28H,10-12,20H2,1-9H3,(H,33,36)(H,34,38). The van der Waals surface area contributed by atoms with Crippen molar-refractivity contribution in [3.63, 3.8) is 0 Å². The van der Waals surface area contributed by atoms with Gasteiger partial charge in [-0.3, -0.25) is 9.59 Å². The van der Waals surface area contributed by atoms with Crippen molar-refractivity contribution < 1.29 is 19.1 Å². The number of nitrogens with zero attached hydrogens (tertiary/aromatic N) is 1. The maximum atomic E-state index is 14.3. The Morgan fingerprint density at radius 2 is 1.51 bits per heavy atom. The second kappa shape index (κ2) is 14.2. The van der Waals surface area contributed by atoms with Crippen LogP contribution >= 0.6 is 0 Å². The minimum Gasteiger partial charge on any atom is -0.444 e. The third kappa shape index (κ3) is 8.84. The molecular weight excluding hydrogens is 490 g/mol. The lowest BCUT2D eigenvalue weighted by molar-refractivity contribution is -0.142. The summed E-state index contributed by atoms with van der Waals surface area (Å²) in [5, 5.41) is 5.95. The number of hydrogen-bond acceptors (Lipinski definition) is 4. The number of amides is 3. The normalized spacial score (nSPS) is 13.7. The van der Waals surface area contributed by atoms with Gasteiger partial charge in [-0.2, -0.15) is 0 Å². The van der Waals surface area contributed by atoms with Crippen LogP contribution in [-0.4, -0.2) is 41.0 Å². The zero-order chi connectivity index (χ0) is 29.3. The van der Waals surface area contributed by atoms with Gasteiger partial charge >= 0.3 is 6.09 Å². The maximum absolute atomic E-state index is 14.3. The zero-order valence-corrected chi connectivity index (χ0v) is 25.2. The van der Waals surface area contributed by atoms with Gasteiger partial charge in [0.2, 0.25) is 5.91 Å². The van der Waals surface area contributed by atoms with Crippen molar-refractivity contribution >= 4 is 23.6 Å². The fourth-order valence-corrected chi connectivity index (χ4v) is 4.54. The van der Waals surface area contributed by atoms with Gasteiger partial charge in [-0.25, -0.2) is 4.79 Å². The summed E-state index contributed by atoms with van der Waals surface area (Å²) in [6, 6.07) is 11.8. The van der Waals surface area contributed by atoms with Crippen LogP contribution in [0.4, 0.5) is 10.5 Å². The number of aryl methyl sites for hydroxylation is 3. The van der Waals surface area contributed by atoms with Gasteiger partial charge in [-0.1, -0.05) is 76.1 Å². The first-order chi connectivity index (χ1) is 18.3. The first-order valence-electron chi connectivity index (χ1n) is 14.0. The molecule has 0 spiro atoms. The average Bonchev–Trinajstić information content (AvgIpc) is 2.86. The van der Waals surface area contributed by atoms with E-state index in [4.69, 9.17) is 4.74 Å². The van der Waals surface area contributed by atoms with Crippen molar-refractivity contribution in [2.75, 3.05) is 11.9 Å². The number of rotatable bonds is 11. The molecule has 0 radical (unpaired) electrons. The molecule has 2 aromatic carbocycles. The molecule has 0 saturated carbocycles. The average molecular weight is 538 g/mol. The van der Waals surface area contributed by atoms with E-state index in [-0.39, 0.29) is 17.7 Å². The van der Waals surface area contributed by atoms with Gasteiger partial charge in [-0.05, 0) is 76.1 Å². The SMILES string of the molecule is CCCCN(C(=O)C(NC(=O)OC(C)(C)C)C(C)CC)C(C(=O)Nc1c(C)cccc1C)c1ccccc1C. The molecule has 214 valence electrons. The monoisotopic (exact) mass is 537 g/mol. The number of carbonyl (C=O) groups excluding carboxylic acids is 3. The second-order valence-electron chi connectivity index (χ2n) is 11.4. The molecule has 2 aromatic rings. The Morgan fingerprint density at radius 1 is 0.923 bits per heavy atom. The van der Waals surface area contributed by atoms with Crippen molar-refractivity contribution in [3.05, 3.63) is 64.7 Å². The number of unbranched alkanes of at least 4 members (excludes halogenated alkanes) is 1. The molecule has 3 unspecified atom stereocenters. The zero-order valence-electron chi connectivity index (χ0n) is 25.2. The summed E-state index contributed by atoms with van der Waals surface area (Å²) < 4.78 is 5.49. The number of para-hydroxylation sites is 1. The molecule has 0 aliphatic heterocycles. The van der Waals surface area contributed by atoms with Gasteiger partial charge in [0.1, 0.15) is 17.7 Å². The molecular formula is C32H47N3O4. The molecule has 0 saturated heterocycles. The Hall–Kier alpha value is -3.35. The van der Waals surface area contributed by atoms with Gasteiger partial charge in [-0.15, -0.1) is 0 Å². The van der Waals surface area contributed by atoms with E-state index < -0.39 is 23.8 Å². The van der Waals surface area contributed by atoms with Crippen LogP contribution in [0, 0.1) is 26.7 Å². The topological polar surface area (TPSA) is 87.7 Å². The highest BCUT2D eigenvalue weighted by Crippen LogP contribution is 2.30. The molecule has 39 heavy (non-hydrogen) atoms. The summed E-state index contributed by atoms with van der Waals surface area (Å²) in [4.78, 5) is 42.9. The fraction of sp³-hybridized carbons (Fsp3) is 0.531. The van der Waals surface area contributed by atoms with E-state index in [1.807, 2.05) is 84.0 Å². The molecule has 2 N–H and O–H groups in total. The first kappa shape index (κ1) is 31.9. The van der Waals surface area contributed by atoms with Crippen LogP contribution in [-0.2, 0) is 14.3 Å². The van der Waals surface area contributed by atoms with Gasteiger partial charge in [0.25, 0.3) is 5.91 Å². The molecule has 3 atom stereocenters. The summed E-state index contributed by atoms with van der Waals surface area (Å²) in [7, 11) is 0. The predicted octanol–water partition coefficient (Wildman–Crippen LogP) is 6.86. The maximum Gasteiger partial charge on any atom is 0.408 e. The summed E-state index contributed by atoms with van der Waals surface area (Å²) in [5.41, 5.74) is 3.60. The smallest absolute Gasteiger partial charge is 0.408 e. The fourth-order valence-electron chi connectivity index (χ4n) is 4.54. The second-order valence-corrected chi connectivity index (χ2v) is 11.4. The van der Waals surface area contributed by atoms with E-state index in [0.29, 0.717) is 19.4 Å². The largest absolute Gasteiger partial charge is 0.444 e. The Morgan fingerprint density at radius 3 is 2.05 bits per heavy atom. The third-order valence-corrected chi connectivity index (χ3v) is 6.96. The minimum absolute atomic E-state index is 0.173. The van der Waals surface area contributed by atoms with E-state index in [1.54, 1.807) is 25.7 Å². The number of ether oxygens (including phenoxy) is 1. The van der Waals surface area contributed by atoms with Gasteiger partial charge in [0, 0.05) is 12.2 Å². The summed E-state index contributed by atoms with van der Waals surface area (Å²) in [6.45, 7) is 17.5. The number of benzene rings is 2. The van der Waals surface area contributed by atoms with Gasteiger partial charge in [0.15, 0.2) is 0 Å². The molecule has 0 fully saturated rings. The lowest BCUT2D eigenvalue weighted by atomic mass is 9.94. The van der Waals surface area contributed by atoms with Gasteiger partial charge in [0.05, 0.1) is 0 Å². The highest BCUT2D eigenvalue weighted by molar-refractivity contribution is 6.00. The summed E-state index contributed by atoms with van der Waals surface area (Å²) in [6.07, 6.45) is 1.57. The Labute approximate surface area is 234 Å². The van der Waals surface area contributed by atoms with Crippen molar-refractivity contribution in [3.8, 4) is 0 Å². The van der Waals surface area contributed by atoms with Gasteiger partial charge < -0.3 is 20.3 Å². The van der Waals surface area contributed by atoms with E-state index in [2.05, 4.69) is 10.6 Å². The lowest BCUT2D eigenvalue weighted by Crippen LogP contribution is -2.55. The first-order valence-corrected chi connectivity index (χ1v) is 14.0. The summed E-state index contributed by atoms with van der Waals surface area (Å²) in [5.74, 6) is -0.756. The predicted molar refractivity (Wildman–Crippen MR) is 158 cm³/mol. The minimum atomic E-state index is -0.878. The number of carbonyl (C=O) groups is 3. The van der Waals surface area contributed by atoms with Crippen LogP contribution in [0.3, 0.4) is 0 Å². The summed E-state index contributed by atoms with van der Waals surface area (Å²) >= 11 is 0. The molecule has 0 bridgehead atoms. The number of hydrogen-bond donors (Lipinski definition) is 2. The lowest BCUT2D eigenvalue weighted by Gasteiger charge is -2.36. The van der Waals surface area contributed by atoms with Crippen LogP contribution in [0.25, 0.3) is 0 Å². The highest BCUT2D eigenvalue weighted by atomic mass is 16.6. The Bertz CT molecular complexity index is 1120. The van der Waals surface area contributed by atoms with E-state index >= 15 is 0 Å². The highest BCUT2D eigenvalue weighted by Gasteiger charge is 2.38. The van der Waals surface area contributed by atoms with E-state index in [0.717, 1.165) is 34.4 Å². The van der Waals surface area contributed by atoms with Crippen LogP contribution < -0.4 is 10.6 Å². The van der Waals surface area contributed by atoms with Crippen molar-refractivity contribution in [1.29, 1.82) is 0 Å². The number of anilines is 1. The van der Waals surface area contributed by atoms with Crippen molar-refractivity contribution in [1.82, 2.24) is 10.2 Å². The van der Waals surface area contributed by atoms with Crippen LogP contribution in [0.2, 0.25) is 0 Å². The number of alkyl carbamates (subject to hydrolysis) is 1. The van der Waals surface area contributed by atoms with Crippen molar-refractivity contribution in [2.45, 2.75) is 99.3 Å². The molecule has 2 rings (SSSR count). The Kier molecular flexibility index (Phi) is 11.6. The number of nitrogens with one attached hydrogen (secondary N) is 2. The van der Waals surface area contributed by atoms with Crippen LogP contribution in [0.5, 0.6) is 0 Å². The molecule has 0 aliphatic rings. The van der Waals surface area contributed by atoms with Crippen LogP contribution in [0.1, 0.15) is 89.1 Å². The molecule has 3 amide bonds. The third-order valence-electron chi connectivity index (χ3n) is 6.96. The molecule has 0 aromatic heterocycles. The molecule has 0 aliphatic carbocycles. The van der Waals surface area contributed by atoms with Crippen LogP contribution in [0.15, 0.2) is 42.5 Å². The molecule has 7 nitrogen and oxygen atoms in total. The Balaban J connectivity index is 2.60. The van der Waals surface area contributed by atoms with E-state index in [9.17, 15) is 14.4 Å². The van der Waals surface area contributed by atoms with Crippen molar-refractivity contribution in [2.24, 2.45) is 5.92 Å². The molecule has 0 heterocycles. The quantitative estimate of drug-likeness (QED) is 0.328. The molecule has 7 heteroatoms. The van der Waals surface area contributed by atoms with E-state index in [1.165, 1.54) is 0 Å².